The van der Waals surface area contributed by atoms with Crippen molar-refractivity contribution in [3.05, 3.63) is 12.2 Å². The van der Waals surface area contributed by atoms with Crippen molar-refractivity contribution in [1.82, 2.24) is 0 Å². The van der Waals surface area contributed by atoms with Gasteiger partial charge in [-0.1, -0.05) is 64.0 Å². The van der Waals surface area contributed by atoms with Gasteiger partial charge >= 0.3 is 5.97 Å². The van der Waals surface area contributed by atoms with Gasteiger partial charge in [0.05, 0.1) is 6.10 Å². The first-order valence-electron chi connectivity index (χ1n) is 8.23. The molecule has 0 bridgehead atoms. The summed E-state index contributed by atoms with van der Waals surface area (Å²) in [5, 5.41) is 18.2. The number of carboxylic acid groups (broad SMARTS) is 1. The number of unbranched alkanes of at least 4 members (excludes halogenated alkanes) is 8. The van der Waals surface area contributed by atoms with Crippen molar-refractivity contribution in [2.45, 2.75) is 90.1 Å². The van der Waals surface area contributed by atoms with Crippen LogP contribution in [-0.2, 0) is 4.79 Å². The third kappa shape index (κ3) is 15.2. The van der Waals surface area contributed by atoms with E-state index in [-0.39, 0.29) is 6.10 Å². The Kier molecular flexibility index (Phi) is 14.0. The molecule has 0 fully saturated rings. The standard InChI is InChI=1S/C17H32O3/c1-2-3-10-13-16(18)14-11-8-6-4-5-7-9-12-15-17(19)20/h11,14,16,18H,2-10,12-13,15H2,1H3,(H,19,20)/b14-11+. The first-order valence-corrected chi connectivity index (χ1v) is 8.23. The van der Waals surface area contributed by atoms with Gasteiger partial charge in [-0.2, -0.15) is 0 Å². The summed E-state index contributed by atoms with van der Waals surface area (Å²) in [5.41, 5.74) is 0. The molecule has 0 aliphatic carbocycles. The van der Waals surface area contributed by atoms with E-state index in [1.54, 1.807) is 0 Å². The van der Waals surface area contributed by atoms with Crippen molar-refractivity contribution in [3.63, 3.8) is 0 Å². The van der Waals surface area contributed by atoms with E-state index in [0.717, 1.165) is 44.9 Å². The minimum Gasteiger partial charge on any atom is -0.481 e. The molecule has 1 atom stereocenters. The second-order valence-electron chi connectivity index (χ2n) is 5.55. The van der Waals surface area contributed by atoms with E-state index >= 15 is 0 Å². The SMILES string of the molecule is CCCCCC(O)/C=C/CCCCCCCCC(=O)O. The number of aliphatic hydroxyl groups is 1. The molecule has 0 aromatic rings. The lowest BCUT2D eigenvalue weighted by Crippen LogP contribution is -2.01. The quantitative estimate of drug-likeness (QED) is 0.359. The van der Waals surface area contributed by atoms with Gasteiger partial charge in [0.15, 0.2) is 0 Å². The molecule has 0 aromatic heterocycles. The summed E-state index contributed by atoms with van der Waals surface area (Å²) in [7, 11) is 0. The molecule has 3 nitrogen and oxygen atoms in total. The normalized spacial score (nSPS) is 12.9. The molecule has 0 amide bonds. The van der Waals surface area contributed by atoms with Crippen LogP contribution in [-0.4, -0.2) is 22.3 Å². The van der Waals surface area contributed by atoms with Crippen LogP contribution in [0.5, 0.6) is 0 Å². The Balaban J connectivity index is 3.24. The van der Waals surface area contributed by atoms with Gasteiger partial charge in [0, 0.05) is 6.42 Å². The van der Waals surface area contributed by atoms with Gasteiger partial charge in [-0.3, -0.25) is 4.79 Å². The molecule has 0 saturated carbocycles. The molecule has 3 heteroatoms. The highest BCUT2D eigenvalue weighted by atomic mass is 16.4. The number of hydrogen-bond acceptors (Lipinski definition) is 2. The average Bonchev–Trinajstić information content (AvgIpc) is 2.41. The summed E-state index contributed by atoms with van der Waals surface area (Å²) in [6.45, 7) is 2.17. The molecule has 0 saturated heterocycles. The largest absolute Gasteiger partial charge is 0.481 e. The number of hydrogen-bond donors (Lipinski definition) is 2. The Labute approximate surface area is 124 Å². The number of carbonyl (C=O) groups is 1. The van der Waals surface area contributed by atoms with E-state index < -0.39 is 5.97 Å². The van der Waals surface area contributed by atoms with Crippen molar-refractivity contribution in [2.24, 2.45) is 0 Å². The number of aliphatic carboxylic acids is 1. The molecular weight excluding hydrogens is 252 g/mol. The fraction of sp³-hybridized carbons (Fsp3) is 0.824. The van der Waals surface area contributed by atoms with Crippen molar-refractivity contribution >= 4 is 5.97 Å². The summed E-state index contributed by atoms with van der Waals surface area (Å²) in [4.78, 5) is 10.3. The van der Waals surface area contributed by atoms with Crippen LogP contribution in [0.3, 0.4) is 0 Å². The average molecular weight is 284 g/mol. The van der Waals surface area contributed by atoms with Gasteiger partial charge in [0.2, 0.25) is 0 Å². The maximum Gasteiger partial charge on any atom is 0.303 e. The zero-order valence-electron chi connectivity index (χ0n) is 13.0. The molecule has 0 radical (unpaired) electrons. The zero-order valence-corrected chi connectivity index (χ0v) is 13.0. The minimum atomic E-state index is -0.687. The highest BCUT2D eigenvalue weighted by Gasteiger charge is 1.98. The summed E-state index contributed by atoms with van der Waals surface area (Å²) >= 11 is 0. The Bertz CT molecular complexity index is 249. The van der Waals surface area contributed by atoms with Gasteiger partial charge in [-0.25, -0.2) is 0 Å². The van der Waals surface area contributed by atoms with Crippen molar-refractivity contribution in [2.75, 3.05) is 0 Å². The minimum absolute atomic E-state index is 0.266. The molecule has 0 rings (SSSR count). The molecule has 0 heterocycles. The predicted molar refractivity (Wildman–Crippen MR) is 83.9 cm³/mol. The second kappa shape index (κ2) is 14.6. The van der Waals surface area contributed by atoms with E-state index in [4.69, 9.17) is 5.11 Å². The first kappa shape index (κ1) is 19.2. The van der Waals surface area contributed by atoms with E-state index in [0.29, 0.717) is 6.42 Å². The van der Waals surface area contributed by atoms with Crippen LogP contribution in [0.1, 0.15) is 84.0 Å². The van der Waals surface area contributed by atoms with Crippen LogP contribution < -0.4 is 0 Å². The van der Waals surface area contributed by atoms with Crippen LogP contribution in [0, 0.1) is 0 Å². The lowest BCUT2D eigenvalue weighted by molar-refractivity contribution is -0.137. The number of carboxylic acids is 1. The summed E-state index contributed by atoms with van der Waals surface area (Å²) < 4.78 is 0. The third-order valence-electron chi connectivity index (χ3n) is 3.47. The Morgan fingerprint density at radius 3 is 2.30 bits per heavy atom. The maximum atomic E-state index is 10.3. The van der Waals surface area contributed by atoms with Crippen LogP contribution in [0.4, 0.5) is 0 Å². The molecule has 1 unspecified atom stereocenters. The summed E-state index contributed by atoms with van der Waals surface area (Å²) in [6.07, 6.45) is 16.0. The van der Waals surface area contributed by atoms with Crippen LogP contribution >= 0.6 is 0 Å². The highest BCUT2D eigenvalue weighted by Crippen LogP contribution is 2.10. The van der Waals surface area contributed by atoms with Crippen LogP contribution in [0.15, 0.2) is 12.2 Å². The van der Waals surface area contributed by atoms with Gasteiger partial charge < -0.3 is 10.2 Å². The van der Waals surface area contributed by atoms with E-state index in [1.807, 2.05) is 6.08 Å². The molecule has 2 N–H and O–H groups in total. The molecule has 0 aromatic carbocycles. The van der Waals surface area contributed by atoms with Gasteiger partial charge in [-0.05, 0) is 25.7 Å². The van der Waals surface area contributed by atoms with Crippen LogP contribution in [0.25, 0.3) is 0 Å². The number of aliphatic hydroxyl groups excluding tert-OH is 1. The third-order valence-corrected chi connectivity index (χ3v) is 3.47. The lowest BCUT2D eigenvalue weighted by atomic mass is 10.1. The monoisotopic (exact) mass is 284 g/mol. The predicted octanol–water partition coefficient (Wildman–Crippen LogP) is 4.69. The van der Waals surface area contributed by atoms with Crippen LogP contribution in [0.2, 0.25) is 0 Å². The summed E-state index contributed by atoms with van der Waals surface area (Å²) in [6, 6.07) is 0. The van der Waals surface area contributed by atoms with Crippen molar-refractivity contribution < 1.29 is 15.0 Å². The fourth-order valence-corrected chi connectivity index (χ4v) is 2.20. The lowest BCUT2D eigenvalue weighted by Gasteiger charge is -2.04. The molecule has 0 spiro atoms. The topological polar surface area (TPSA) is 57.5 Å². The summed E-state index contributed by atoms with van der Waals surface area (Å²) in [5.74, 6) is -0.687. The smallest absolute Gasteiger partial charge is 0.303 e. The van der Waals surface area contributed by atoms with E-state index in [9.17, 15) is 9.90 Å². The van der Waals surface area contributed by atoms with Gasteiger partial charge in [0.1, 0.15) is 0 Å². The zero-order chi connectivity index (χ0) is 15.1. The Morgan fingerprint density at radius 2 is 1.65 bits per heavy atom. The van der Waals surface area contributed by atoms with Crippen molar-refractivity contribution in [1.29, 1.82) is 0 Å². The maximum absolute atomic E-state index is 10.3. The Hall–Kier alpha value is -0.830. The van der Waals surface area contributed by atoms with Gasteiger partial charge in [0.25, 0.3) is 0 Å². The fourth-order valence-electron chi connectivity index (χ4n) is 2.20. The number of allylic oxidation sites excluding steroid dienone is 1. The molecule has 20 heavy (non-hydrogen) atoms. The molecule has 0 aliphatic rings. The van der Waals surface area contributed by atoms with E-state index in [1.165, 1.54) is 25.7 Å². The first-order chi connectivity index (χ1) is 9.66. The highest BCUT2D eigenvalue weighted by molar-refractivity contribution is 5.66. The molecular formula is C17H32O3. The molecule has 0 aliphatic heterocycles. The molecule has 118 valence electrons. The van der Waals surface area contributed by atoms with Gasteiger partial charge in [-0.15, -0.1) is 0 Å². The van der Waals surface area contributed by atoms with Crippen molar-refractivity contribution in [3.8, 4) is 0 Å². The Morgan fingerprint density at radius 1 is 1.00 bits per heavy atom. The second-order valence-corrected chi connectivity index (χ2v) is 5.55. The number of rotatable bonds is 14. The van der Waals surface area contributed by atoms with E-state index in [2.05, 4.69) is 13.0 Å².